The number of nitrogens with zero attached hydrogens (tertiary/aromatic N) is 2. The molecular weight excluding hydrogens is 303 g/mol. The first-order valence-corrected chi connectivity index (χ1v) is 7.31. The van der Waals surface area contributed by atoms with Crippen LogP contribution in [-0.2, 0) is 11.3 Å². The smallest absolute Gasteiger partial charge is 0.275 e. The van der Waals surface area contributed by atoms with Crippen molar-refractivity contribution in [2.24, 2.45) is 0 Å². The van der Waals surface area contributed by atoms with Crippen LogP contribution in [0.1, 0.15) is 22.8 Å². The lowest BCUT2D eigenvalue weighted by molar-refractivity contribution is 0.0705. The van der Waals surface area contributed by atoms with Crippen LogP contribution < -0.4 is 4.74 Å². The van der Waals surface area contributed by atoms with Gasteiger partial charge in [-0.15, -0.1) is 0 Å². The first kappa shape index (κ1) is 15.5. The van der Waals surface area contributed by atoms with Gasteiger partial charge in [0.05, 0.1) is 12.6 Å². The molecule has 122 valence electrons. The fourth-order valence-electron chi connectivity index (χ4n) is 2.35. The molecule has 0 aliphatic carbocycles. The number of hydrogen-bond acceptors (Lipinski definition) is 5. The number of hydrogen-bond donors (Lipinski definition) is 0. The molecule has 1 aliphatic rings. The van der Waals surface area contributed by atoms with Crippen molar-refractivity contribution < 1.29 is 23.1 Å². The summed E-state index contributed by atoms with van der Waals surface area (Å²) in [6.07, 6.45) is 2.12. The van der Waals surface area contributed by atoms with Crippen LogP contribution in [0.25, 0.3) is 0 Å². The molecule has 1 unspecified atom stereocenters. The van der Waals surface area contributed by atoms with Crippen molar-refractivity contribution >= 4 is 5.91 Å². The minimum Gasteiger partial charge on any atom is -0.484 e. The summed E-state index contributed by atoms with van der Waals surface area (Å²) in [6, 6.07) is 5.84. The number of amides is 1. The third-order valence-corrected chi connectivity index (χ3v) is 3.70. The van der Waals surface area contributed by atoms with Gasteiger partial charge in [0.2, 0.25) is 5.89 Å². The van der Waals surface area contributed by atoms with Gasteiger partial charge < -0.3 is 18.8 Å². The SMILES string of the molecule is CN(C(=O)c1coc(COc2cccc(F)c2)n1)C1CCOC1. The molecule has 0 radical (unpaired) electrons. The molecular formula is C16H17FN2O4. The van der Waals surface area contributed by atoms with E-state index < -0.39 is 0 Å². The number of halogens is 1. The van der Waals surface area contributed by atoms with E-state index in [9.17, 15) is 9.18 Å². The normalized spacial score (nSPS) is 17.2. The molecule has 2 heterocycles. The Bertz CT molecular complexity index is 682. The van der Waals surface area contributed by atoms with E-state index >= 15 is 0 Å². The van der Waals surface area contributed by atoms with E-state index in [2.05, 4.69) is 4.98 Å². The second-order valence-electron chi connectivity index (χ2n) is 5.31. The summed E-state index contributed by atoms with van der Waals surface area (Å²) in [7, 11) is 1.72. The van der Waals surface area contributed by atoms with Crippen molar-refractivity contribution in [2.75, 3.05) is 20.3 Å². The number of carbonyl (C=O) groups excluding carboxylic acids is 1. The molecule has 1 aromatic carbocycles. The zero-order valence-electron chi connectivity index (χ0n) is 12.7. The van der Waals surface area contributed by atoms with E-state index in [1.807, 2.05) is 0 Å². The molecule has 3 rings (SSSR count). The van der Waals surface area contributed by atoms with Crippen LogP contribution in [0.5, 0.6) is 5.75 Å². The zero-order valence-corrected chi connectivity index (χ0v) is 12.7. The Hall–Kier alpha value is -2.41. The fourth-order valence-corrected chi connectivity index (χ4v) is 2.35. The van der Waals surface area contributed by atoms with Gasteiger partial charge in [0.15, 0.2) is 12.3 Å². The lowest BCUT2D eigenvalue weighted by atomic mass is 10.2. The number of likely N-dealkylation sites (N-methyl/N-ethyl adjacent to an activating group) is 1. The summed E-state index contributed by atoms with van der Waals surface area (Å²) >= 11 is 0. The fraction of sp³-hybridized carbons (Fsp3) is 0.375. The minimum absolute atomic E-state index is 0.0208. The van der Waals surface area contributed by atoms with Crippen LogP contribution in [0, 0.1) is 5.82 Å². The van der Waals surface area contributed by atoms with Gasteiger partial charge in [-0.2, -0.15) is 0 Å². The van der Waals surface area contributed by atoms with Crippen molar-refractivity contribution in [3.63, 3.8) is 0 Å². The standard InChI is InChI=1S/C16H17FN2O4/c1-19(12-5-6-21-8-12)16(20)14-9-23-15(18-14)10-22-13-4-2-3-11(17)7-13/h2-4,7,9,12H,5-6,8,10H2,1H3. The van der Waals surface area contributed by atoms with Crippen molar-refractivity contribution in [3.8, 4) is 5.75 Å². The second-order valence-corrected chi connectivity index (χ2v) is 5.31. The molecule has 0 bridgehead atoms. The monoisotopic (exact) mass is 320 g/mol. The molecule has 1 aromatic heterocycles. The van der Waals surface area contributed by atoms with Gasteiger partial charge in [-0.1, -0.05) is 6.07 Å². The molecule has 0 N–H and O–H groups in total. The maximum atomic E-state index is 13.1. The maximum Gasteiger partial charge on any atom is 0.275 e. The molecule has 1 aliphatic heterocycles. The quantitative estimate of drug-likeness (QED) is 0.845. The molecule has 1 saturated heterocycles. The highest BCUT2D eigenvalue weighted by atomic mass is 19.1. The third-order valence-electron chi connectivity index (χ3n) is 3.70. The highest BCUT2D eigenvalue weighted by Crippen LogP contribution is 2.16. The van der Waals surface area contributed by atoms with Crippen molar-refractivity contribution in [1.82, 2.24) is 9.88 Å². The van der Waals surface area contributed by atoms with Gasteiger partial charge >= 0.3 is 0 Å². The van der Waals surface area contributed by atoms with Crippen LogP contribution in [0.4, 0.5) is 4.39 Å². The van der Waals surface area contributed by atoms with Gasteiger partial charge in [0.25, 0.3) is 5.91 Å². The molecule has 1 atom stereocenters. The van der Waals surface area contributed by atoms with E-state index in [0.717, 1.165) is 6.42 Å². The van der Waals surface area contributed by atoms with Crippen LogP contribution in [0.15, 0.2) is 34.9 Å². The van der Waals surface area contributed by atoms with Crippen LogP contribution >= 0.6 is 0 Å². The predicted octanol–water partition coefficient (Wildman–Crippen LogP) is 2.25. The van der Waals surface area contributed by atoms with Gasteiger partial charge in [-0.25, -0.2) is 9.37 Å². The third kappa shape index (κ3) is 3.68. The number of benzene rings is 1. The van der Waals surface area contributed by atoms with Gasteiger partial charge in [-0.3, -0.25) is 4.79 Å². The van der Waals surface area contributed by atoms with Crippen molar-refractivity contribution in [3.05, 3.63) is 47.9 Å². The van der Waals surface area contributed by atoms with E-state index in [0.29, 0.717) is 19.0 Å². The average molecular weight is 320 g/mol. The van der Waals surface area contributed by atoms with Gasteiger partial charge in [0, 0.05) is 19.7 Å². The number of carbonyl (C=O) groups is 1. The van der Waals surface area contributed by atoms with Crippen LogP contribution in [0.3, 0.4) is 0 Å². The summed E-state index contributed by atoms with van der Waals surface area (Å²) in [5.41, 5.74) is 0.220. The average Bonchev–Trinajstić information content (AvgIpc) is 3.23. The lowest BCUT2D eigenvalue weighted by Crippen LogP contribution is -2.37. The highest BCUT2D eigenvalue weighted by Gasteiger charge is 2.26. The Morgan fingerprint density at radius 1 is 1.52 bits per heavy atom. The van der Waals surface area contributed by atoms with Crippen LogP contribution in [0.2, 0.25) is 0 Å². The largest absolute Gasteiger partial charge is 0.484 e. The molecule has 1 fully saturated rings. The summed E-state index contributed by atoms with van der Waals surface area (Å²) < 4.78 is 29.0. The molecule has 6 nitrogen and oxygen atoms in total. The molecule has 1 amide bonds. The minimum atomic E-state index is -0.383. The summed E-state index contributed by atoms with van der Waals surface area (Å²) in [5, 5.41) is 0. The first-order valence-electron chi connectivity index (χ1n) is 7.31. The van der Waals surface area contributed by atoms with E-state index in [1.165, 1.54) is 18.4 Å². The van der Waals surface area contributed by atoms with Crippen molar-refractivity contribution in [1.29, 1.82) is 0 Å². The highest BCUT2D eigenvalue weighted by molar-refractivity contribution is 5.92. The second kappa shape index (κ2) is 6.78. The van der Waals surface area contributed by atoms with E-state index in [1.54, 1.807) is 24.1 Å². The topological polar surface area (TPSA) is 64.8 Å². The Labute approximate surface area is 132 Å². The Balaban J connectivity index is 1.60. The number of aromatic nitrogens is 1. The Morgan fingerprint density at radius 2 is 2.39 bits per heavy atom. The Kier molecular flexibility index (Phi) is 4.57. The predicted molar refractivity (Wildman–Crippen MR) is 78.6 cm³/mol. The summed E-state index contributed by atoms with van der Waals surface area (Å²) in [5.74, 6) is 0.0254. The van der Waals surface area contributed by atoms with E-state index in [-0.39, 0.29) is 36.0 Å². The molecule has 0 spiro atoms. The van der Waals surface area contributed by atoms with Gasteiger partial charge in [0.1, 0.15) is 17.8 Å². The van der Waals surface area contributed by atoms with Crippen LogP contribution in [-0.4, -0.2) is 42.1 Å². The van der Waals surface area contributed by atoms with Gasteiger partial charge in [-0.05, 0) is 18.6 Å². The maximum absolute atomic E-state index is 13.1. The lowest BCUT2D eigenvalue weighted by Gasteiger charge is -2.21. The molecule has 23 heavy (non-hydrogen) atoms. The zero-order chi connectivity index (χ0) is 16.2. The van der Waals surface area contributed by atoms with Crippen molar-refractivity contribution in [2.45, 2.75) is 19.1 Å². The molecule has 2 aromatic rings. The Morgan fingerprint density at radius 3 is 3.13 bits per heavy atom. The number of rotatable bonds is 5. The number of ether oxygens (including phenoxy) is 2. The first-order chi connectivity index (χ1) is 11.1. The summed E-state index contributed by atoms with van der Waals surface area (Å²) in [4.78, 5) is 18.1. The number of oxazole rings is 1. The molecule has 7 heteroatoms. The van der Waals surface area contributed by atoms with E-state index in [4.69, 9.17) is 13.9 Å². The molecule has 0 saturated carbocycles. The summed E-state index contributed by atoms with van der Waals surface area (Å²) in [6.45, 7) is 1.22.